The Labute approximate surface area is 152 Å². The summed E-state index contributed by atoms with van der Waals surface area (Å²) in [6.45, 7) is 3.11. The Morgan fingerprint density at radius 3 is 2.69 bits per heavy atom. The van der Waals surface area contributed by atoms with Gasteiger partial charge in [-0.05, 0) is 37.5 Å². The van der Waals surface area contributed by atoms with Gasteiger partial charge in [-0.1, -0.05) is 36.2 Å². The van der Waals surface area contributed by atoms with E-state index in [0.29, 0.717) is 24.8 Å². The molecule has 0 bridgehead atoms. The van der Waals surface area contributed by atoms with Crippen molar-refractivity contribution in [3.05, 3.63) is 65.0 Å². The molecule has 1 fully saturated rings. The molecule has 1 saturated carbocycles. The standard InChI is InChI=1S/C21H23N3O2/c1-14-7-9-15(10-8-14)13-24-19(21(25)26)18(12-23-16-4-2-5-16)17-6-3-11-22-20(17)24/h3,6-11,16,23H,2,4-5,12-13H2,1H3,(H,25,26). The van der Waals surface area contributed by atoms with E-state index in [0.717, 1.165) is 22.2 Å². The van der Waals surface area contributed by atoms with Crippen molar-refractivity contribution in [2.45, 2.75) is 45.3 Å². The Bertz CT molecular complexity index is 940. The van der Waals surface area contributed by atoms with Crippen LogP contribution in [-0.4, -0.2) is 26.7 Å². The number of aromatic nitrogens is 2. The van der Waals surface area contributed by atoms with Gasteiger partial charge in [-0.2, -0.15) is 0 Å². The number of carbonyl (C=O) groups is 1. The van der Waals surface area contributed by atoms with Gasteiger partial charge in [-0.25, -0.2) is 9.78 Å². The topological polar surface area (TPSA) is 67.2 Å². The molecular formula is C21H23N3O2. The maximum atomic E-state index is 12.1. The number of hydrogen-bond donors (Lipinski definition) is 2. The molecule has 3 aromatic rings. The molecule has 0 amide bonds. The predicted octanol–water partition coefficient (Wildman–Crippen LogP) is 3.73. The number of nitrogens with one attached hydrogen (secondary N) is 1. The van der Waals surface area contributed by atoms with Crippen molar-refractivity contribution >= 4 is 17.0 Å². The zero-order chi connectivity index (χ0) is 18.1. The van der Waals surface area contributed by atoms with Crippen LogP contribution in [0.3, 0.4) is 0 Å². The van der Waals surface area contributed by atoms with Gasteiger partial charge in [0.05, 0.1) is 0 Å². The molecular weight excluding hydrogens is 326 g/mol. The number of benzene rings is 1. The fourth-order valence-corrected chi connectivity index (χ4v) is 3.56. The molecule has 5 heteroatoms. The highest BCUT2D eigenvalue weighted by molar-refractivity contribution is 5.97. The van der Waals surface area contributed by atoms with Crippen LogP contribution in [0, 0.1) is 6.92 Å². The molecule has 4 rings (SSSR count). The van der Waals surface area contributed by atoms with Gasteiger partial charge in [0.1, 0.15) is 11.3 Å². The second-order valence-corrected chi connectivity index (χ2v) is 7.09. The summed E-state index contributed by atoms with van der Waals surface area (Å²) in [5.74, 6) is -0.902. The normalized spacial score (nSPS) is 14.5. The molecule has 0 radical (unpaired) electrons. The third kappa shape index (κ3) is 3.10. The quantitative estimate of drug-likeness (QED) is 0.711. The Kier molecular flexibility index (Phi) is 4.47. The molecule has 2 heterocycles. The Balaban J connectivity index is 1.78. The lowest BCUT2D eigenvalue weighted by molar-refractivity contribution is 0.0684. The molecule has 0 atom stereocenters. The maximum absolute atomic E-state index is 12.1. The molecule has 5 nitrogen and oxygen atoms in total. The first-order chi connectivity index (χ1) is 12.6. The molecule has 134 valence electrons. The lowest BCUT2D eigenvalue weighted by atomic mass is 9.93. The third-order valence-corrected chi connectivity index (χ3v) is 5.26. The number of carboxylic acid groups (broad SMARTS) is 1. The van der Waals surface area contributed by atoms with E-state index in [9.17, 15) is 9.90 Å². The average Bonchev–Trinajstić information content (AvgIpc) is 2.90. The van der Waals surface area contributed by atoms with Gasteiger partial charge in [0, 0.05) is 36.3 Å². The van der Waals surface area contributed by atoms with Crippen LogP contribution in [0.2, 0.25) is 0 Å². The van der Waals surface area contributed by atoms with Crippen LogP contribution in [0.15, 0.2) is 42.6 Å². The van der Waals surface area contributed by atoms with Crippen molar-refractivity contribution in [1.82, 2.24) is 14.9 Å². The number of hydrogen-bond acceptors (Lipinski definition) is 3. The summed E-state index contributed by atoms with van der Waals surface area (Å²) in [7, 11) is 0. The summed E-state index contributed by atoms with van der Waals surface area (Å²) in [4.78, 5) is 16.6. The first-order valence-electron chi connectivity index (χ1n) is 9.12. The van der Waals surface area contributed by atoms with Crippen molar-refractivity contribution in [3.8, 4) is 0 Å². The Hall–Kier alpha value is -2.66. The predicted molar refractivity (Wildman–Crippen MR) is 101 cm³/mol. The number of aromatic carboxylic acids is 1. The number of pyridine rings is 1. The van der Waals surface area contributed by atoms with Gasteiger partial charge in [0.25, 0.3) is 0 Å². The highest BCUT2D eigenvalue weighted by atomic mass is 16.4. The fourth-order valence-electron chi connectivity index (χ4n) is 3.56. The van der Waals surface area contributed by atoms with E-state index in [1.807, 2.05) is 47.9 Å². The average molecular weight is 349 g/mol. The maximum Gasteiger partial charge on any atom is 0.352 e. The highest BCUT2D eigenvalue weighted by Crippen LogP contribution is 2.27. The summed E-state index contributed by atoms with van der Waals surface area (Å²) in [6, 6.07) is 12.5. The van der Waals surface area contributed by atoms with Crippen molar-refractivity contribution in [3.63, 3.8) is 0 Å². The molecule has 1 aliphatic rings. The minimum absolute atomic E-state index is 0.339. The first kappa shape index (κ1) is 16.8. The molecule has 1 aromatic carbocycles. The van der Waals surface area contributed by atoms with E-state index < -0.39 is 5.97 Å². The minimum atomic E-state index is -0.902. The number of aryl methyl sites for hydroxylation is 1. The SMILES string of the molecule is Cc1ccc(Cn2c(C(=O)O)c(CNC3CCC3)c3cccnc32)cc1. The Morgan fingerprint density at radius 1 is 1.27 bits per heavy atom. The van der Waals surface area contributed by atoms with Gasteiger partial charge in [-0.3, -0.25) is 0 Å². The van der Waals surface area contributed by atoms with Crippen LogP contribution >= 0.6 is 0 Å². The zero-order valence-corrected chi connectivity index (χ0v) is 14.9. The van der Waals surface area contributed by atoms with Crippen molar-refractivity contribution < 1.29 is 9.90 Å². The molecule has 0 spiro atoms. The largest absolute Gasteiger partial charge is 0.477 e. The summed E-state index contributed by atoms with van der Waals surface area (Å²) in [5, 5.41) is 14.4. The molecule has 1 aliphatic carbocycles. The smallest absolute Gasteiger partial charge is 0.352 e. The fraction of sp³-hybridized carbons (Fsp3) is 0.333. The number of nitrogens with zero attached hydrogens (tertiary/aromatic N) is 2. The summed E-state index contributed by atoms with van der Waals surface area (Å²) < 4.78 is 1.83. The molecule has 2 N–H and O–H groups in total. The monoisotopic (exact) mass is 349 g/mol. The van der Waals surface area contributed by atoms with E-state index in [-0.39, 0.29) is 0 Å². The molecule has 2 aromatic heterocycles. The second-order valence-electron chi connectivity index (χ2n) is 7.09. The number of carboxylic acids is 1. The van der Waals surface area contributed by atoms with Gasteiger partial charge >= 0.3 is 5.97 Å². The lowest BCUT2D eigenvalue weighted by Gasteiger charge is -2.26. The van der Waals surface area contributed by atoms with Crippen LogP contribution in [0.25, 0.3) is 11.0 Å². The summed E-state index contributed by atoms with van der Waals surface area (Å²) in [6.07, 6.45) is 5.31. The molecule has 0 saturated heterocycles. The van der Waals surface area contributed by atoms with Crippen molar-refractivity contribution in [2.24, 2.45) is 0 Å². The van der Waals surface area contributed by atoms with E-state index >= 15 is 0 Å². The Morgan fingerprint density at radius 2 is 2.04 bits per heavy atom. The number of fused-ring (bicyclic) bond motifs is 1. The van der Waals surface area contributed by atoms with Crippen LogP contribution in [0.4, 0.5) is 0 Å². The van der Waals surface area contributed by atoms with Crippen LogP contribution in [0.5, 0.6) is 0 Å². The van der Waals surface area contributed by atoms with Crippen molar-refractivity contribution in [1.29, 1.82) is 0 Å². The van der Waals surface area contributed by atoms with E-state index in [4.69, 9.17) is 0 Å². The zero-order valence-electron chi connectivity index (χ0n) is 14.9. The second kappa shape index (κ2) is 6.92. The van der Waals surface area contributed by atoms with Crippen LogP contribution < -0.4 is 5.32 Å². The van der Waals surface area contributed by atoms with E-state index in [2.05, 4.69) is 10.3 Å². The molecule has 0 unspecified atom stereocenters. The summed E-state index contributed by atoms with van der Waals surface area (Å²) >= 11 is 0. The van der Waals surface area contributed by atoms with E-state index in [1.165, 1.54) is 24.8 Å². The minimum Gasteiger partial charge on any atom is -0.477 e. The summed E-state index contributed by atoms with van der Waals surface area (Å²) in [5.41, 5.74) is 4.16. The lowest BCUT2D eigenvalue weighted by Crippen LogP contribution is -2.34. The van der Waals surface area contributed by atoms with E-state index in [1.54, 1.807) is 6.20 Å². The van der Waals surface area contributed by atoms with Crippen LogP contribution in [-0.2, 0) is 13.1 Å². The van der Waals surface area contributed by atoms with Gasteiger partial charge in [-0.15, -0.1) is 0 Å². The molecule has 26 heavy (non-hydrogen) atoms. The van der Waals surface area contributed by atoms with Crippen molar-refractivity contribution in [2.75, 3.05) is 0 Å². The molecule has 0 aliphatic heterocycles. The van der Waals surface area contributed by atoms with Gasteiger partial charge < -0.3 is 15.0 Å². The van der Waals surface area contributed by atoms with Gasteiger partial charge in [0.15, 0.2) is 0 Å². The number of rotatable bonds is 6. The first-order valence-corrected chi connectivity index (χ1v) is 9.12. The van der Waals surface area contributed by atoms with Crippen LogP contribution in [0.1, 0.15) is 46.4 Å². The highest BCUT2D eigenvalue weighted by Gasteiger charge is 2.24. The third-order valence-electron chi connectivity index (χ3n) is 5.26. The van der Waals surface area contributed by atoms with Gasteiger partial charge in [0.2, 0.25) is 0 Å².